The van der Waals surface area contributed by atoms with Crippen LogP contribution in [-0.4, -0.2) is 15.9 Å². The number of aromatic nitrogens is 2. The summed E-state index contributed by atoms with van der Waals surface area (Å²) >= 11 is 0. The predicted molar refractivity (Wildman–Crippen MR) is 75.4 cm³/mol. The van der Waals surface area contributed by atoms with E-state index in [1.165, 1.54) is 12.1 Å². The van der Waals surface area contributed by atoms with Gasteiger partial charge in [0.1, 0.15) is 11.5 Å². The van der Waals surface area contributed by atoms with Gasteiger partial charge in [0.2, 0.25) is 0 Å². The van der Waals surface area contributed by atoms with Gasteiger partial charge in [-0.2, -0.15) is 5.10 Å². The molecule has 3 nitrogen and oxygen atoms in total. The van der Waals surface area contributed by atoms with E-state index in [-0.39, 0.29) is 5.82 Å². The third kappa shape index (κ3) is 1.90. The second kappa shape index (κ2) is 4.89. The van der Waals surface area contributed by atoms with Crippen molar-refractivity contribution < 1.29 is 9.18 Å². The van der Waals surface area contributed by atoms with E-state index in [0.29, 0.717) is 11.3 Å². The average molecular weight is 268 g/mol. The summed E-state index contributed by atoms with van der Waals surface area (Å²) in [6, 6.07) is 9.85. The van der Waals surface area contributed by atoms with Crippen molar-refractivity contribution in [2.45, 2.75) is 13.3 Å². The standard InChI is InChI=1S/C16H13FN2O/c1-2-13-14(10-20)16(11-5-7-12(17)8-6-11)18-19-9-3-4-15(13)19/h3-10H,2H2,1H3. The van der Waals surface area contributed by atoms with Crippen molar-refractivity contribution in [2.24, 2.45) is 0 Å². The van der Waals surface area contributed by atoms with Gasteiger partial charge in [-0.3, -0.25) is 4.79 Å². The maximum absolute atomic E-state index is 13.0. The van der Waals surface area contributed by atoms with Gasteiger partial charge in [-0.25, -0.2) is 8.91 Å². The number of hydrogen-bond acceptors (Lipinski definition) is 2. The molecular formula is C16H13FN2O. The van der Waals surface area contributed by atoms with Crippen LogP contribution in [-0.2, 0) is 6.42 Å². The molecule has 0 radical (unpaired) electrons. The summed E-state index contributed by atoms with van der Waals surface area (Å²) < 4.78 is 14.8. The molecule has 0 N–H and O–H groups in total. The summed E-state index contributed by atoms with van der Waals surface area (Å²) in [5.41, 5.74) is 3.78. The quantitative estimate of drug-likeness (QED) is 0.681. The number of carbonyl (C=O) groups excluding carboxylic acids is 1. The van der Waals surface area contributed by atoms with Crippen LogP contribution in [0, 0.1) is 5.82 Å². The van der Waals surface area contributed by atoms with E-state index in [2.05, 4.69) is 5.10 Å². The van der Waals surface area contributed by atoms with Crippen molar-refractivity contribution in [3.63, 3.8) is 0 Å². The van der Waals surface area contributed by atoms with Crippen molar-refractivity contribution in [2.75, 3.05) is 0 Å². The fraction of sp³-hybridized carbons (Fsp3) is 0.125. The maximum Gasteiger partial charge on any atom is 0.152 e. The summed E-state index contributed by atoms with van der Waals surface area (Å²) in [7, 11) is 0. The third-order valence-electron chi connectivity index (χ3n) is 3.41. The summed E-state index contributed by atoms with van der Waals surface area (Å²) in [6.07, 6.45) is 3.41. The Hall–Kier alpha value is -2.49. The van der Waals surface area contributed by atoms with Crippen LogP contribution in [0.1, 0.15) is 22.8 Å². The molecule has 100 valence electrons. The van der Waals surface area contributed by atoms with Gasteiger partial charge in [-0.15, -0.1) is 0 Å². The molecule has 20 heavy (non-hydrogen) atoms. The van der Waals surface area contributed by atoms with Crippen molar-refractivity contribution in [1.82, 2.24) is 9.61 Å². The number of fused-ring (bicyclic) bond motifs is 1. The monoisotopic (exact) mass is 268 g/mol. The minimum Gasteiger partial charge on any atom is -0.298 e. The highest BCUT2D eigenvalue weighted by molar-refractivity contribution is 5.90. The lowest BCUT2D eigenvalue weighted by molar-refractivity contribution is 0.112. The van der Waals surface area contributed by atoms with Gasteiger partial charge in [-0.05, 0) is 48.4 Å². The summed E-state index contributed by atoms with van der Waals surface area (Å²) in [5, 5.41) is 4.48. The van der Waals surface area contributed by atoms with Gasteiger partial charge in [0, 0.05) is 17.3 Å². The van der Waals surface area contributed by atoms with Gasteiger partial charge in [-0.1, -0.05) is 6.92 Å². The second-order valence-electron chi connectivity index (χ2n) is 4.56. The van der Waals surface area contributed by atoms with Crippen LogP contribution < -0.4 is 0 Å². The van der Waals surface area contributed by atoms with E-state index in [1.807, 2.05) is 25.3 Å². The molecule has 2 aromatic heterocycles. The zero-order chi connectivity index (χ0) is 14.1. The SMILES string of the molecule is CCc1c(C=O)c(-c2ccc(F)cc2)nn2cccc12. The van der Waals surface area contributed by atoms with Crippen molar-refractivity contribution >= 4 is 11.8 Å². The first-order valence-corrected chi connectivity index (χ1v) is 6.46. The molecule has 0 amide bonds. The maximum atomic E-state index is 13.0. The molecule has 0 aliphatic rings. The summed E-state index contributed by atoms with van der Waals surface area (Å²) in [4.78, 5) is 11.5. The first-order chi connectivity index (χ1) is 9.74. The highest BCUT2D eigenvalue weighted by Crippen LogP contribution is 2.26. The van der Waals surface area contributed by atoms with Crippen LogP contribution in [0.15, 0.2) is 42.6 Å². The summed E-state index contributed by atoms with van der Waals surface area (Å²) in [5.74, 6) is -0.306. The van der Waals surface area contributed by atoms with E-state index in [1.54, 1.807) is 16.6 Å². The predicted octanol–water partition coefficient (Wildman–Crippen LogP) is 3.52. The Morgan fingerprint density at radius 3 is 2.65 bits per heavy atom. The minimum atomic E-state index is -0.306. The molecule has 3 rings (SSSR count). The van der Waals surface area contributed by atoms with Crippen LogP contribution in [0.2, 0.25) is 0 Å². The molecular weight excluding hydrogens is 255 g/mol. The molecule has 0 bridgehead atoms. The molecule has 0 unspecified atom stereocenters. The van der Waals surface area contributed by atoms with Crippen LogP contribution in [0.4, 0.5) is 4.39 Å². The molecule has 0 fully saturated rings. The Morgan fingerprint density at radius 2 is 2.00 bits per heavy atom. The molecule has 0 aliphatic heterocycles. The van der Waals surface area contributed by atoms with Crippen LogP contribution >= 0.6 is 0 Å². The highest BCUT2D eigenvalue weighted by Gasteiger charge is 2.15. The van der Waals surface area contributed by atoms with Crippen molar-refractivity contribution in [3.05, 3.63) is 59.5 Å². The van der Waals surface area contributed by atoms with E-state index < -0.39 is 0 Å². The lowest BCUT2D eigenvalue weighted by Crippen LogP contribution is -2.04. The highest BCUT2D eigenvalue weighted by atomic mass is 19.1. The molecule has 0 atom stereocenters. The number of hydrogen-bond donors (Lipinski definition) is 0. The Labute approximate surface area is 115 Å². The molecule has 0 spiro atoms. The molecule has 0 aliphatic carbocycles. The number of benzene rings is 1. The third-order valence-corrected chi connectivity index (χ3v) is 3.41. The zero-order valence-corrected chi connectivity index (χ0v) is 11.0. The molecule has 3 aromatic rings. The number of aryl methyl sites for hydroxylation is 1. The van der Waals surface area contributed by atoms with Gasteiger partial charge in [0.05, 0.1) is 5.52 Å². The Balaban J connectivity index is 2.33. The second-order valence-corrected chi connectivity index (χ2v) is 4.56. The Kier molecular flexibility index (Phi) is 3.06. The van der Waals surface area contributed by atoms with Crippen molar-refractivity contribution in [3.8, 4) is 11.3 Å². The number of nitrogens with zero attached hydrogens (tertiary/aromatic N) is 2. The topological polar surface area (TPSA) is 34.4 Å². The number of carbonyl (C=O) groups is 1. The first-order valence-electron chi connectivity index (χ1n) is 6.46. The average Bonchev–Trinajstić information content (AvgIpc) is 2.94. The van der Waals surface area contributed by atoms with E-state index in [9.17, 15) is 9.18 Å². The summed E-state index contributed by atoms with van der Waals surface area (Å²) in [6.45, 7) is 2.00. The smallest absolute Gasteiger partial charge is 0.152 e. The van der Waals surface area contributed by atoms with Crippen LogP contribution in [0.3, 0.4) is 0 Å². The Bertz CT molecular complexity index is 775. The van der Waals surface area contributed by atoms with Gasteiger partial charge in [0.15, 0.2) is 6.29 Å². The van der Waals surface area contributed by atoms with E-state index in [4.69, 9.17) is 0 Å². The molecule has 0 saturated carbocycles. The minimum absolute atomic E-state index is 0.306. The molecule has 0 saturated heterocycles. The molecule has 1 aromatic carbocycles. The van der Waals surface area contributed by atoms with Gasteiger partial charge >= 0.3 is 0 Å². The largest absolute Gasteiger partial charge is 0.298 e. The normalized spacial score (nSPS) is 10.9. The van der Waals surface area contributed by atoms with E-state index >= 15 is 0 Å². The fourth-order valence-electron chi connectivity index (χ4n) is 2.46. The molecule has 4 heteroatoms. The first kappa shape index (κ1) is 12.5. The zero-order valence-electron chi connectivity index (χ0n) is 11.0. The van der Waals surface area contributed by atoms with Crippen molar-refractivity contribution in [1.29, 1.82) is 0 Å². The van der Waals surface area contributed by atoms with Gasteiger partial charge < -0.3 is 0 Å². The van der Waals surface area contributed by atoms with Crippen LogP contribution in [0.5, 0.6) is 0 Å². The fourth-order valence-corrected chi connectivity index (χ4v) is 2.46. The molecule has 2 heterocycles. The number of aldehydes is 1. The number of halogens is 1. The Morgan fingerprint density at radius 1 is 1.25 bits per heavy atom. The number of rotatable bonds is 3. The van der Waals surface area contributed by atoms with E-state index in [0.717, 1.165) is 29.4 Å². The lowest BCUT2D eigenvalue weighted by Gasteiger charge is -2.11. The lowest BCUT2D eigenvalue weighted by atomic mass is 10.0. The van der Waals surface area contributed by atoms with Crippen LogP contribution in [0.25, 0.3) is 16.8 Å². The van der Waals surface area contributed by atoms with Gasteiger partial charge in [0.25, 0.3) is 0 Å².